The minimum atomic E-state index is -1.03. The van der Waals surface area contributed by atoms with Gasteiger partial charge in [-0.3, -0.25) is 18.9 Å². The average Bonchev–Trinajstić information content (AvgIpc) is 3.69. The van der Waals surface area contributed by atoms with Crippen LogP contribution in [0, 0.1) is 6.92 Å². The van der Waals surface area contributed by atoms with Gasteiger partial charge in [0.25, 0.3) is 5.78 Å². The average molecular weight is 634 g/mol. The molecule has 2 aromatic carbocycles. The Morgan fingerprint density at radius 3 is 2.56 bits per heavy atom. The molecule has 6 rings (SSSR count). The Kier molecular flexibility index (Phi) is 7.82. The summed E-state index contributed by atoms with van der Waals surface area (Å²) in [5, 5.41) is 21.2. The molecular formula is C30H24ClN5O5S2. The fourth-order valence-electron chi connectivity index (χ4n) is 4.98. The van der Waals surface area contributed by atoms with Gasteiger partial charge in [-0.25, -0.2) is 4.98 Å². The number of thioether (sulfide) groups is 1. The number of carbonyl (C=O) groups is 2. The summed E-state index contributed by atoms with van der Waals surface area (Å²) < 4.78 is 13.2. The molecule has 1 aliphatic heterocycles. The maximum absolute atomic E-state index is 13.7. The lowest BCUT2D eigenvalue weighted by Gasteiger charge is -2.23. The predicted octanol–water partition coefficient (Wildman–Crippen LogP) is 6.08. The Morgan fingerprint density at radius 1 is 1.05 bits per heavy atom. The van der Waals surface area contributed by atoms with E-state index in [1.165, 1.54) is 42.2 Å². The number of aliphatic hydroxyl groups excluding tert-OH is 1. The Morgan fingerprint density at radius 2 is 1.81 bits per heavy atom. The zero-order valence-electron chi connectivity index (χ0n) is 23.1. The lowest BCUT2D eigenvalue weighted by Crippen LogP contribution is -2.29. The van der Waals surface area contributed by atoms with Gasteiger partial charge in [0.2, 0.25) is 5.13 Å². The van der Waals surface area contributed by atoms with Gasteiger partial charge in [-0.2, -0.15) is 0 Å². The lowest BCUT2D eigenvalue weighted by molar-refractivity contribution is -0.132. The second-order valence-corrected chi connectivity index (χ2v) is 12.1. The van der Waals surface area contributed by atoms with E-state index in [4.69, 9.17) is 21.1 Å². The lowest BCUT2D eigenvalue weighted by atomic mass is 9.96. The standard InChI is InChI=1S/C30H24ClN5O5S2/c1-16-24(35-13-5-4-6-22(35)32-16)26(37)23-25(18-9-12-20(40-2)21(14-18)41-3)36(28(39)27(23)38)29-33-34-30(43-29)42-15-17-7-10-19(31)11-8-17/h4-14,25,37H,15H2,1-3H3/b26-23+. The molecule has 0 saturated carbocycles. The number of anilines is 1. The zero-order valence-corrected chi connectivity index (χ0v) is 25.5. The number of hydrogen-bond donors (Lipinski definition) is 1. The molecule has 1 fully saturated rings. The van der Waals surface area contributed by atoms with E-state index in [0.717, 1.165) is 5.56 Å². The number of ketones is 1. The first kappa shape index (κ1) is 28.7. The second-order valence-electron chi connectivity index (χ2n) is 9.52. The highest BCUT2D eigenvalue weighted by atomic mass is 35.5. The molecule has 1 aliphatic rings. The van der Waals surface area contributed by atoms with Gasteiger partial charge >= 0.3 is 5.91 Å². The number of aromatic nitrogens is 4. The summed E-state index contributed by atoms with van der Waals surface area (Å²) in [5.74, 6) is -0.562. The number of ether oxygens (including phenoxy) is 2. The maximum atomic E-state index is 13.7. The molecule has 0 spiro atoms. The first-order valence-electron chi connectivity index (χ1n) is 13.0. The van der Waals surface area contributed by atoms with E-state index in [2.05, 4.69) is 15.2 Å². The van der Waals surface area contributed by atoms with Crippen molar-refractivity contribution in [2.24, 2.45) is 0 Å². The molecule has 1 saturated heterocycles. The number of imidazole rings is 1. The maximum Gasteiger partial charge on any atom is 0.301 e. The molecule has 0 bridgehead atoms. The number of carbonyl (C=O) groups excluding carboxylic acids is 2. The van der Waals surface area contributed by atoms with Crippen LogP contribution in [0.2, 0.25) is 5.02 Å². The fourth-order valence-corrected chi connectivity index (χ4v) is 6.93. The van der Waals surface area contributed by atoms with E-state index in [0.29, 0.717) is 49.2 Å². The van der Waals surface area contributed by atoms with Crippen molar-refractivity contribution in [2.45, 2.75) is 23.1 Å². The number of rotatable bonds is 8. The summed E-state index contributed by atoms with van der Waals surface area (Å²) >= 11 is 8.63. The van der Waals surface area contributed by atoms with Crippen LogP contribution in [0.5, 0.6) is 11.5 Å². The van der Waals surface area contributed by atoms with E-state index in [9.17, 15) is 14.7 Å². The van der Waals surface area contributed by atoms with Gasteiger partial charge in [-0.15, -0.1) is 10.2 Å². The third-order valence-corrected chi connectivity index (χ3v) is 9.35. The monoisotopic (exact) mass is 633 g/mol. The van der Waals surface area contributed by atoms with E-state index in [-0.39, 0.29) is 16.5 Å². The van der Waals surface area contributed by atoms with Gasteiger partial charge in [0.05, 0.1) is 31.5 Å². The summed E-state index contributed by atoms with van der Waals surface area (Å²) in [6.07, 6.45) is 1.74. The van der Waals surface area contributed by atoms with Crippen molar-refractivity contribution in [3.63, 3.8) is 0 Å². The van der Waals surface area contributed by atoms with Crippen LogP contribution in [0.1, 0.15) is 28.6 Å². The van der Waals surface area contributed by atoms with Crippen LogP contribution >= 0.6 is 34.7 Å². The highest BCUT2D eigenvalue weighted by Crippen LogP contribution is 2.46. The summed E-state index contributed by atoms with van der Waals surface area (Å²) in [4.78, 5) is 33.2. The van der Waals surface area contributed by atoms with Crippen molar-refractivity contribution in [3.05, 3.63) is 100.0 Å². The molecule has 1 unspecified atom stereocenters. The normalized spacial score (nSPS) is 16.3. The highest BCUT2D eigenvalue weighted by molar-refractivity contribution is 8.00. The van der Waals surface area contributed by atoms with Crippen molar-refractivity contribution >= 4 is 62.9 Å². The summed E-state index contributed by atoms with van der Waals surface area (Å²) in [6, 6.07) is 16.9. The Labute approximate surface area is 259 Å². The van der Waals surface area contributed by atoms with Crippen molar-refractivity contribution in [1.82, 2.24) is 19.6 Å². The van der Waals surface area contributed by atoms with Crippen molar-refractivity contribution in [1.29, 1.82) is 0 Å². The fraction of sp³-hybridized carbons (Fsp3) is 0.167. The smallest absolute Gasteiger partial charge is 0.301 e. The molecule has 10 nitrogen and oxygen atoms in total. The third kappa shape index (κ3) is 5.22. The molecule has 1 amide bonds. The molecule has 1 N–H and O–H groups in total. The number of pyridine rings is 1. The van der Waals surface area contributed by atoms with Gasteiger partial charge in [0.1, 0.15) is 11.3 Å². The minimum Gasteiger partial charge on any atom is -0.505 e. The Bertz CT molecular complexity index is 1900. The second kappa shape index (κ2) is 11.7. The largest absolute Gasteiger partial charge is 0.505 e. The Hall–Kier alpha value is -4.39. The quantitative estimate of drug-likeness (QED) is 0.0712. The van der Waals surface area contributed by atoms with Gasteiger partial charge in [-0.05, 0) is 54.4 Å². The van der Waals surface area contributed by atoms with E-state index in [1.807, 2.05) is 30.3 Å². The summed E-state index contributed by atoms with van der Waals surface area (Å²) in [7, 11) is 3.01. The van der Waals surface area contributed by atoms with Crippen LogP contribution in [0.4, 0.5) is 5.13 Å². The molecule has 5 aromatic rings. The number of aryl methyl sites for hydroxylation is 1. The van der Waals surface area contributed by atoms with E-state index in [1.54, 1.807) is 47.9 Å². The first-order valence-corrected chi connectivity index (χ1v) is 15.2. The summed E-state index contributed by atoms with van der Waals surface area (Å²) in [5.41, 5.74) is 2.85. The minimum absolute atomic E-state index is 0.100. The number of aliphatic hydroxyl groups is 1. The van der Waals surface area contributed by atoms with Crippen LogP contribution in [0.25, 0.3) is 11.4 Å². The first-order chi connectivity index (χ1) is 20.8. The van der Waals surface area contributed by atoms with Gasteiger partial charge in [-0.1, -0.05) is 59.0 Å². The zero-order chi connectivity index (χ0) is 30.2. The SMILES string of the molecule is COc1ccc(C2/C(=C(\O)c3c(C)nc4ccccn34)C(=O)C(=O)N2c2nnc(SCc3ccc(Cl)cc3)s2)cc1OC. The van der Waals surface area contributed by atoms with Crippen molar-refractivity contribution in [2.75, 3.05) is 19.1 Å². The van der Waals surface area contributed by atoms with Crippen molar-refractivity contribution in [3.8, 4) is 11.5 Å². The topological polar surface area (TPSA) is 119 Å². The number of amides is 1. The molecular weight excluding hydrogens is 610 g/mol. The summed E-state index contributed by atoms with van der Waals surface area (Å²) in [6.45, 7) is 1.73. The van der Waals surface area contributed by atoms with Crippen molar-refractivity contribution < 1.29 is 24.2 Å². The molecule has 218 valence electrons. The molecule has 13 heteroatoms. The van der Waals surface area contributed by atoms with Gasteiger partial charge in [0, 0.05) is 17.0 Å². The number of fused-ring (bicyclic) bond motifs is 1. The number of benzene rings is 2. The van der Waals surface area contributed by atoms with E-state index < -0.39 is 17.7 Å². The molecule has 0 radical (unpaired) electrons. The number of halogens is 1. The van der Waals surface area contributed by atoms with Gasteiger partial charge < -0.3 is 14.6 Å². The highest BCUT2D eigenvalue weighted by Gasteiger charge is 2.49. The number of methoxy groups -OCH3 is 2. The predicted molar refractivity (Wildman–Crippen MR) is 165 cm³/mol. The molecule has 4 heterocycles. The molecule has 3 aromatic heterocycles. The molecule has 1 atom stereocenters. The van der Waals surface area contributed by atoms with Crippen LogP contribution in [-0.4, -0.2) is 50.6 Å². The molecule has 0 aliphatic carbocycles. The molecule has 43 heavy (non-hydrogen) atoms. The van der Waals surface area contributed by atoms with E-state index >= 15 is 0 Å². The van der Waals surface area contributed by atoms with Crippen LogP contribution in [0.15, 0.2) is 76.8 Å². The number of hydrogen-bond acceptors (Lipinski definition) is 10. The number of Topliss-reactive ketones (excluding diaryl/α,β-unsaturated/α-hetero) is 1. The number of nitrogens with zero attached hydrogens (tertiary/aromatic N) is 5. The van der Waals surface area contributed by atoms with Crippen LogP contribution in [0.3, 0.4) is 0 Å². The van der Waals surface area contributed by atoms with Crippen LogP contribution in [-0.2, 0) is 15.3 Å². The Balaban J connectivity index is 1.46. The van der Waals surface area contributed by atoms with Gasteiger partial charge in [0.15, 0.2) is 21.6 Å². The third-order valence-electron chi connectivity index (χ3n) is 6.97. The van der Waals surface area contributed by atoms with Crippen LogP contribution < -0.4 is 14.4 Å².